The van der Waals surface area contributed by atoms with Crippen molar-refractivity contribution >= 4 is 12.2 Å². The van der Waals surface area contributed by atoms with Gasteiger partial charge in [0.05, 0.1) is 7.11 Å². The Morgan fingerprint density at radius 1 is 1.45 bits per heavy atom. The molecule has 110 valence electrons. The molecule has 0 atom stereocenters. The SMILES string of the molecule is COc1ncc(C=CCNC(=O)OC(C)(C)C)cc1C. The predicted molar refractivity (Wildman–Crippen MR) is 78.8 cm³/mol. The average molecular weight is 278 g/mol. The zero-order valence-corrected chi connectivity index (χ0v) is 12.7. The first-order chi connectivity index (χ1) is 9.31. The summed E-state index contributed by atoms with van der Waals surface area (Å²) in [5.74, 6) is 0.619. The minimum Gasteiger partial charge on any atom is -0.481 e. The Kier molecular flexibility index (Phi) is 5.55. The van der Waals surface area contributed by atoms with Crippen LogP contribution in [0.3, 0.4) is 0 Å². The number of carbonyl (C=O) groups excluding carboxylic acids is 1. The number of rotatable bonds is 4. The van der Waals surface area contributed by atoms with E-state index in [4.69, 9.17) is 9.47 Å². The first-order valence-electron chi connectivity index (χ1n) is 6.46. The number of hydrogen-bond donors (Lipinski definition) is 1. The lowest BCUT2D eigenvalue weighted by Gasteiger charge is -2.19. The van der Waals surface area contributed by atoms with Crippen LogP contribution in [0.2, 0.25) is 0 Å². The van der Waals surface area contributed by atoms with Gasteiger partial charge in [-0.3, -0.25) is 0 Å². The lowest BCUT2D eigenvalue weighted by molar-refractivity contribution is 0.0534. The molecule has 1 rings (SSSR count). The Bertz CT molecular complexity index is 490. The van der Waals surface area contributed by atoms with Gasteiger partial charge in [-0.15, -0.1) is 0 Å². The highest BCUT2D eigenvalue weighted by molar-refractivity contribution is 5.68. The molecule has 0 fully saturated rings. The Labute approximate surface area is 120 Å². The molecule has 1 aromatic heterocycles. The van der Waals surface area contributed by atoms with Crippen LogP contribution in [0.1, 0.15) is 31.9 Å². The molecule has 0 spiro atoms. The largest absolute Gasteiger partial charge is 0.481 e. The van der Waals surface area contributed by atoms with Crippen molar-refractivity contribution in [2.45, 2.75) is 33.3 Å². The Hall–Kier alpha value is -2.04. The second-order valence-electron chi connectivity index (χ2n) is 5.38. The molecule has 0 bridgehead atoms. The molecule has 1 aromatic rings. The highest BCUT2D eigenvalue weighted by atomic mass is 16.6. The monoisotopic (exact) mass is 278 g/mol. The quantitative estimate of drug-likeness (QED) is 0.920. The second kappa shape index (κ2) is 6.93. The zero-order valence-electron chi connectivity index (χ0n) is 12.7. The van der Waals surface area contributed by atoms with Crippen LogP contribution in [0.15, 0.2) is 18.3 Å². The Morgan fingerprint density at radius 2 is 2.15 bits per heavy atom. The van der Waals surface area contributed by atoms with Gasteiger partial charge in [0, 0.05) is 18.3 Å². The molecule has 1 heterocycles. The molecule has 0 aromatic carbocycles. The molecule has 0 aliphatic carbocycles. The minimum absolute atomic E-state index is 0.403. The molecule has 5 nitrogen and oxygen atoms in total. The molecule has 1 N–H and O–H groups in total. The molecule has 0 aliphatic heterocycles. The molecule has 0 saturated carbocycles. The number of hydrogen-bond acceptors (Lipinski definition) is 4. The van der Waals surface area contributed by atoms with Crippen LogP contribution in [0.25, 0.3) is 6.08 Å². The molecular weight excluding hydrogens is 256 g/mol. The predicted octanol–water partition coefficient (Wildman–Crippen LogP) is 2.94. The van der Waals surface area contributed by atoms with E-state index in [1.807, 2.05) is 45.9 Å². The van der Waals surface area contributed by atoms with E-state index in [1.165, 1.54) is 0 Å². The first-order valence-corrected chi connectivity index (χ1v) is 6.46. The van der Waals surface area contributed by atoms with Crippen LogP contribution in [0, 0.1) is 6.92 Å². The fraction of sp³-hybridized carbons (Fsp3) is 0.467. The molecule has 20 heavy (non-hydrogen) atoms. The highest BCUT2D eigenvalue weighted by Gasteiger charge is 2.14. The van der Waals surface area contributed by atoms with Gasteiger partial charge < -0.3 is 14.8 Å². The molecule has 0 aliphatic rings. The van der Waals surface area contributed by atoms with Gasteiger partial charge in [0.15, 0.2) is 0 Å². The number of amides is 1. The summed E-state index contributed by atoms with van der Waals surface area (Å²) in [7, 11) is 1.59. The normalized spacial score (nSPS) is 11.4. The van der Waals surface area contributed by atoms with E-state index >= 15 is 0 Å². The van der Waals surface area contributed by atoms with Crippen molar-refractivity contribution in [2.24, 2.45) is 0 Å². The maximum Gasteiger partial charge on any atom is 0.407 e. The van der Waals surface area contributed by atoms with Crippen molar-refractivity contribution in [3.63, 3.8) is 0 Å². The van der Waals surface area contributed by atoms with Crippen LogP contribution < -0.4 is 10.1 Å². The van der Waals surface area contributed by atoms with E-state index in [0.717, 1.165) is 11.1 Å². The minimum atomic E-state index is -0.481. The number of alkyl carbamates (subject to hydrolysis) is 1. The first kappa shape index (κ1) is 16.0. The molecule has 1 amide bonds. The summed E-state index contributed by atoms with van der Waals surface area (Å²) in [6.07, 6.45) is 5.02. The molecule has 0 unspecified atom stereocenters. The summed E-state index contributed by atoms with van der Waals surface area (Å²) in [6, 6.07) is 1.97. The summed E-state index contributed by atoms with van der Waals surface area (Å²) in [6.45, 7) is 7.82. The standard InChI is InChI=1S/C15H22N2O3/c1-11-9-12(10-17-13(11)19-5)7-6-8-16-14(18)20-15(2,3)4/h6-7,9-10H,8H2,1-5H3,(H,16,18). The van der Waals surface area contributed by atoms with Gasteiger partial charge >= 0.3 is 6.09 Å². The van der Waals surface area contributed by atoms with Gasteiger partial charge in [-0.25, -0.2) is 9.78 Å². The van der Waals surface area contributed by atoms with Crippen molar-refractivity contribution in [1.82, 2.24) is 10.3 Å². The van der Waals surface area contributed by atoms with Crippen LogP contribution in [0.5, 0.6) is 5.88 Å². The van der Waals surface area contributed by atoms with Crippen molar-refractivity contribution in [1.29, 1.82) is 0 Å². The van der Waals surface area contributed by atoms with Gasteiger partial charge in [0.2, 0.25) is 5.88 Å². The molecule has 0 saturated heterocycles. The van der Waals surface area contributed by atoms with Crippen LogP contribution in [0.4, 0.5) is 4.79 Å². The van der Waals surface area contributed by atoms with Crippen molar-refractivity contribution in [3.05, 3.63) is 29.5 Å². The molecule has 5 heteroatoms. The second-order valence-corrected chi connectivity index (χ2v) is 5.38. The number of nitrogens with one attached hydrogen (secondary N) is 1. The third-order valence-corrected chi connectivity index (χ3v) is 2.32. The van der Waals surface area contributed by atoms with Crippen molar-refractivity contribution < 1.29 is 14.3 Å². The van der Waals surface area contributed by atoms with E-state index in [0.29, 0.717) is 12.4 Å². The number of nitrogens with zero attached hydrogens (tertiary/aromatic N) is 1. The maximum absolute atomic E-state index is 11.4. The zero-order chi connectivity index (χ0) is 15.2. The van der Waals surface area contributed by atoms with Crippen molar-refractivity contribution in [2.75, 3.05) is 13.7 Å². The van der Waals surface area contributed by atoms with E-state index in [2.05, 4.69) is 10.3 Å². The van der Waals surface area contributed by atoms with Crippen LogP contribution in [-0.2, 0) is 4.74 Å². The lowest BCUT2D eigenvalue weighted by Crippen LogP contribution is -2.32. The fourth-order valence-corrected chi connectivity index (χ4v) is 1.54. The van der Waals surface area contributed by atoms with E-state index in [9.17, 15) is 4.79 Å². The Morgan fingerprint density at radius 3 is 2.70 bits per heavy atom. The van der Waals surface area contributed by atoms with E-state index in [-0.39, 0.29) is 0 Å². The van der Waals surface area contributed by atoms with Gasteiger partial charge in [0.25, 0.3) is 0 Å². The Balaban J connectivity index is 2.46. The molecular formula is C15H22N2O3. The average Bonchev–Trinajstić information content (AvgIpc) is 2.33. The van der Waals surface area contributed by atoms with Crippen LogP contribution in [-0.4, -0.2) is 30.3 Å². The number of aryl methyl sites for hydroxylation is 1. The summed E-state index contributed by atoms with van der Waals surface area (Å²) in [5, 5.41) is 2.65. The van der Waals surface area contributed by atoms with Gasteiger partial charge in [-0.05, 0) is 39.3 Å². The van der Waals surface area contributed by atoms with Gasteiger partial charge in [-0.2, -0.15) is 0 Å². The summed E-state index contributed by atoms with van der Waals surface area (Å²) in [4.78, 5) is 15.6. The number of ether oxygens (including phenoxy) is 2. The number of pyridine rings is 1. The van der Waals surface area contributed by atoms with E-state index in [1.54, 1.807) is 13.3 Å². The summed E-state index contributed by atoms with van der Waals surface area (Å²) in [5.41, 5.74) is 1.44. The maximum atomic E-state index is 11.4. The third-order valence-electron chi connectivity index (χ3n) is 2.32. The number of aromatic nitrogens is 1. The fourth-order valence-electron chi connectivity index (χ4n) is 1.54. The lowest BCUT2D eigenvalue weighted by atomic mass is 10.2. The number of carbonyl (C=O) groups is 1. The van der Waals surface area contributed by atoms with Crippen LogP contribution >= 0.6 is 0 Å². The molecule has 0 radical (unpaired) electrons. The third kappa shape index (κ3) is 5.73. The van der Waals surface area contributed by atoms with Gasteiger partial charge in [0.1, 0.15) is 5.60 Å². The van der Waals surface area contributed by atoms with Crippen molar-refractivity contribution in [3.8, 4) is 5.88 Å². The summed E-state index contributed by atoms with van der Waals surface area (Å²) < 4.78 is 10.2. The number of methoxy groups -OCH3 is 1. The smallest absolute Gasteiger partial charge is 0.407 e. The summed E-state index contributed by atoms with van der Waals surface area (Å²) >= 11 is 0. The highest BCUT2D eigenvalue weighted by Crippen LogP contribution is 2.15. The topological polar surface area (TPSA) is 60.5 Å². The van der Waals surface area contributed by atoms with E-state index < -0.39 is 11.7 Å². The van der Waals surface area contributed by atoms with Gasteiger partial charge in [-0.1, -0.05) is 12.2 Å².